The number of carboxylic acid groups (broad SMARTS) is 1. The summed E-state index contributed by atoms with van der Waals surface area (Å²) in [4.78, 5) is 11.1. The van der Waals surface area contributed by atoms with Crippen molar-refractivity contribution >= 4 is 17.6 Å². The Kier molecular flexibility index (Phi) is 4.15. The third-order valence-electron chi connectivity index (χ3n) is 2.90. The Labute approximate surface area is 121 Å². The number of hydrogen-bond donors (Lipinski definition) is 1. The minimum atomic E-state index is -1.00. The number of benzene rings is 2. The smallest absolute Gasteiger partial charge is 0.335 e. The highest BCUT2D eigenvalue weighted by molar-refractivity contribution is 6.31. The second-order valence-corrected chi connectivity index (χ2v) is 4.50. The van der Waals surface area contributed by atoms with Crippen molar-refractivity contribution in [3.63, 3.8) is 0 Å². The van der Waals surface area contributed by atoms with E-state index in [1.807, 2.05) is 0 Å². The maximum atomic E-state index is 11.1. The zero-order valence-corrected chi connectivity index (χ0v) is 11.8. The summed E-state index contributed by atoms with van der Waals surface area (Å²) in [6, 6.07) is 9.78. The zero-order chi connectivity index (χ0) is 14.7. The molecule has 0 aliphatic rings. The molecule has 1 N–H and O–H groups in total. The van der Waals surface area contributed by atoms with Gasteiger partial charge in [0.1, 0.15) is 11.5 Å². The Morgan fingerprint density at radius 2 is 1.55 bits per heavy atom. The standard InChI is InChI=1S/C15H13ClO4/c1-19-13-5-3-9(15(17)18)7-11(13)12-8-10(16)4-6-14(12)20-2/h3-8H,1-2H3,(H,17,18). The maximum Gasteiger partial charge on any atom is 0.335 e. The summed E-state index contributed by atoms with van der Waals surface area (Å²) in [5.74, 6) is 0.140. The third-order valence-corrected chi connectivity index (χ3v) is 3.13. The molecule has 0 aliphatic carbocycles. The minimum Gasteiger partial charge on any atom is -0.496 e. The lowest BCUT2D eigenvalue weighted by molar-refractivity contribution is 0.0697. The zero-order valence-electron chi connectivity index (χ0n) is 11.0. The Morgan fingerprint density at radius 1 is 1.00 bits per heavy atom. The van der Waals surface area contributed by atoms with E-state index in [0.717, 1.165) is 0 Å². The summed E-state index contributed by atoms with van der Waals surface area (Å²) in [6.45, 7) is 0. The number of ether oxygens (including phenoxy) is 2. The number of carboxylic acids is 1. The molecule has 0 amide bonds. The van der Waals surface area contributed by atoms with Gasteiger partial charge in [0.05, 0.1) is 19.8 Å². The number of methoxy groups -OCH3 is 2. The summed E-state index contributed by atoms with van der Waals surface area (Å²) in [5.41, 5.74) is 1.47. The lowest BCUT2D eigenvalue weighted by Crippen LogP contribution is -1.98. The molecular weight excluding hydrogens is 280 g/mol. The van der Waals surface area contributed by atoms with Gasteiger partial charge in [-0.05, 0) is 36.4 Å². The van der Waals surface area contributed by atoms with Crippen LogP contribution in [0.25, 0.3) is 11.1 Å². The van der Waals surface area contributed by atoms with Crippen LogP contribution in [0.5, 0.6) is 11.5 Å². The molecule has 0 aromatic heterocycles. The summed E-state index contributed by atoms with van der Waals surface area (Å²) >= 11 is 6.01. The number of hydrogen-bond acceptors (Lipinski definition) is 3. The Hall–Kier alpha value is -2.20. The molecule has 0 saturated carbocycles. The van der Waals surface area contributed by atoms with Crippen molar-refractivity contribution in [1.29, 1.82) is 0 Å². The average molecular weight is 293 g/mol. The van der Waals surface area contributed by atoms with Crippen LogP contribution in [0.3, 0.4) is 0 Å². The van der Waals surface area contributed by atoms with E-state index in [2.05, 4.69) is 0 Å². The van der Waals surface area contributed by atoms with Crippen LogP contribution in [-0.2, 0) is 0 Å². The van der Waals surface area contributed by atoms with Crippen molar-refractivity contribution in [2.75, 3.05) is 14.2 Å². The predicted molar refractivity (Wildman–Crippen MR) is 77.0 cm³/mol. The van der Waals surface area contributed by atoms with Crippen LogP contribution < -0.4 is 9.47 Å². The molecule has 0 unspecified atom stereocenters. The molecule has 5 heteroatoms. The molecule has 2 aromatic carbocycles. The topological polar surface area (TPSA) is 55.8 Å². The fourth-order valence-corrected chi connectivity index (χ4v) is 2.11. The van der Waals surface area contributed by atoms with E-state index in [9.17, 15) is 4.79 Å². The minimum absolute atomic E-state index is 0.169. The lowest BCUT2D eigenvalue weighted by atomic mass is 10.0. The number of aromatic carboxylic acids is 1. The Bertz CT molecular complexity index is 652. The number of halogens is 1. The monoisotopic (exact) mass is 292 g/mol. The van der Waals surface area contributed by atoms with Crippen LogP contribution >= 0.6 is 11.6 Å². The molecular formula is C15H13ClO4. The van der Waals surface area contributed by atoms with Gasteiger partial charge in [0, 0.05) is 16.1 Å². The Morgan fingerprint density at radius 3 is 2.10 bits per heavy atom. The first-order valence-corrected chi connectivity index (χ1v) is 6.20. The summed E-state index contributed by atoms with van der Waals surface area (Å²) in [6.07, 6.45) is 0. The van der Waals surface area contributed by atoms with E-state index in [1.54, 1.807) is 31.4 Å². The molecule has 0 bridgehead atoms. The fraction of sp³-hybridized carbons (Fsp3) is 0.133. The molecule has 0 saturated heterocycles. The fourth-order valence-electron chi connectivity index (χ4n) is 1.94. The molecule has 20 heavy (non-hydrogen) atoms. The van der Waals surface area contributed by atoms with E-state index in [4.69, 9.17) is 26.2 Å². The van der Waals surface area contributed by atoms with E-state index in [-0.39, 0.29) is 5.56 Å². The van der Waals surface area contributed by atoms with Gasteiger partial charge in [0.2, 0.25) is 0 Å². The molecule has 0 aliphatic heterocycles. The van der Waals surface area contributed by atoms with E-state index >= 15 is 0 Å². The van der Waals surface area contributed by atoms with Crippen molar-refractivity contribution in [3.8, 4) is 22.6 Å². The second-order valence-electron chi connectivity index (χ2n) is 4.06. The van der Waals surface area contributed by atoms with Gasteiger partial charge in [-0.1, -0.05) is 11.6 Å². The SMILES string of the molecule is COc1ccc(Cl)cc1-c1cc(C(=O)O)ccc1OC. The lowest BCUT2D eigenvalue weighted by Gasteiger charge is -2.13. The van der Waals surface area contributed by atoms with Crippen LogP contribution in [0.4, 0.5) is 0 Å². The number of carbonyl (C=O) groups is 1. The number of rotatable bonds is 4. The maximum absolute atomic E-state index is 11.1. The van der Waals surface area contributed by atoms with Gasteiger partial charge in [-0.3, -0.25) is 0 Å². The average Bonchev–Trinajstić information content (AvgIpc) is 2.46. The van der Waals surface area contributed by atoms with Crippen molar-refractivity contribution in [2.24, 2.45) is 0 Å². The largest absolute Gasteiger partial charge is 0.496 e. The van der Waals surface area contributed by atoms with Gasteiger partial charge in [0.25, 0.3) is 0 Å². The van der Waals surface area contributed by atoms with Gasteiger partial charge >= 0.3 is 5.97 Å². The van der Waals surface area contributed by atoms with Gasteiger partial charge in [-0.15, -0.1) is 0 Å². The van der Waals surface area contributed by atoms with Crippen molar-refractivity contribution in [3.05, 3.63) is 47.0 Å². The van der Waals surface area contributed by atoms with Crippen LogP contribution in [0.15, 0.2) is 36.4 Å². The first kappa shape index (κ1) is 14.2. The van der Waals surface area contributed by atoms with Crippen molar-refractivity contribution < 1.29 is 19.4 Å². The Balaban J connectivity index is 2.69. The van der Waals surface area contributed by atoms with Gasteiger partial charge in [0.15, 0.2) is 0 Å². The summed E-state index contributed by atoms with van der Waals surface area (Å²) < 4.78 is 10.6. The van der Waals surface area contributed by atoms with Gasteiger partial charge < -0.3 is 14.6 Å². The van der Waals surface area contributed by atoms with Crippen LogP contribution in [0.2, 0.25) is 5.02 Å². The molecule has 2 aromatic rings. The van der Waals surface area contributed by atoms with Gasteiger partial charge in [-0.25, -0.2) is 4.79 Å². The second kappa shape index (κ2) is 5.84. The first-order valence-electron chi connectivity index (χ1n) is 5.82. The van der Waals surface area contributed by atoms with E-state index in [0.29, 0.717) is 27.6 Å². The highest BCUT2D eigenvalue weighted by Gasteiger charge is 2.14. The third kappa shape index (κ3) is 2.70. The molecule has 0 atom stereocenters. The molecule has 0 heterocycles. The molecule has 104 valence electrons. The summed E-state index contributed by atoms with van der Waals surface area (Å²) in [5, 5.41) is 9.63. The highest BCUT2D eigenvalue weighted by Crippen LogP contribution is 2.38. The molecule has 0 spiro atoms. The van der Waals surface area contributed by atoms with Crippen LogP contribution in [-0.4, -0.2) is 25.3 Å². The van der Waals surface area contributed by atoms with Crippen LogP contribution in [0.1, 0.15) is 10.4 Å². The molecule has 0 fully saturated rings. The predicted octanol–water partition coefficient (Wildman–Crippen LogP) is 3.72. The highest BCUT2D eigenvalue weighted by atomic mass is 35.5. The first-order chi connectivity index (χ1) is 9.56. The van der Waals surface area contributed by atoms with Crippen LogP contribution in [0, 0.1) is 0 Å². The van der Waals surface area contributed by atoms with E-state index in [1.165, 1.54) is 19.2 Å². The molecule has 4 nitrogen and oxygen atoms in total. The summed E-state index contributed by atoms with van der Waals surface area (Å²) in [7, 11) is 3.07. The van der Waals surface area contributed by atoms with E-state index < -0.39 is 5.97 Å². The van der Waals surface area contributed by atoms with Crippen molar-refractivity contribution in [1.82, 2.24) is 0 Å². The quantitative estimate of drug-likeness (QED) is 0.933. The van der Waals surface area contributed by atoms with Gasteiger partial charge in [-0.2, -0.15) is 0 Å². The van der Waals surface area contributed by atoms with Crippen molar-refractivity contribution in [2.45, 2.75) is 0 Å². The normalized spacial score (nSPS) is 10.2. The molecule has 2 rings (SSSR count). The molecule has 0 radical (unpaired) electrons.